The van der Waals surface area contributed by atoms with Gasteiger partial charge in [-0.2, -0.15) is 0 Å². The van der Waals surface area contributed by atoms with Crippen molar-refractivity contribution in [2.45, 2.75) is 0 Å². The molecule has 2 N–H and O–H groups in total. The molecule has 4 heteroatoms. The molecule has 0 aromatic heterocycles. The Hall–Kier alpha value is -1.65. The second-order valence-electron chi connectivity index (χ2n) is 3.50. The molecule has 2 rings (SSSR count). The molecule has 2 aromatic carbocycles. The van der Waals surface area contributed by atoms with Crippen LogP contribution in [0.2, 0.25) is 0 Å². The molecule has 0 heterocycles. The molecule has 0 radical (unpaired) electrons. The smallest absolute Gasteiger partial charge is 0.195 e. The van der Waals surface area contributed by atoms with Gasteiger partial charge in [0.1, 0.15) is 0 Å². The van der Waals surface area contributed by atoms with Crippen LogP contribution in [0.1, 0.15) is 15.9 Å². The van der Waals surface area contributed by atoms with Crippen LogP contribution in [-0.4, -0.2) is 11.0 Å². The van der Waals surface area contributed by atoms with Crippen molar-refractivity contribution in [2.75, 3.05) is 5.48 Å². The molecule has 0 atom stereocenters. The normalized spacial score (nSPS) is 10.0. The lowest BCUT2D eigenvalue weighted by Crippen LogP contribution is -2.05. The standard InChI is InChI=1S/C13H10BrNO2/c14-10-6-7-12(15-17)11(8-10)13(16)9-4-2-1-3-5-9/h1-8,15,17H. The Morgan fingerprint density at radius 1 is 1.12 bits per heavy atom. The quantitative estimate of drug-likeness (QED) is 0.672. The molecule has 0 aliphatic rings. The van der Waals surface area contributed by atoms with Gasteiger partial charge in [-0.15, -0.1) is 0 Å². The summed E-state index contributed by atoms with van der Waals surface area (Å²) in [6.07, 6.45) is 0. The van der Waals surface area contributed by atoms with Crippen LogP contribution in [-0.2, 0) is 0 Å². The van der Waals surface area contributed by atoms with Gasteiger partial charge in [0.25, 0.3) is 0 Å². The number of rotatable bonds is 3. The van der Waals surface area contributed by atoms with E-state index in [9.17, 15) is 4.79 Å². The van der Waals surface area contributed by atoms with Crippen LogP contribution in [0.4, 0.5) is 5.69 Å². The van der Waals surface area contributed by atoms with E-state index in [-0.39, 0.29) is 5.78 Å². The second kappa shape index (κ2) is 5.12. The first-order valence-electron chi connectivity index (χ1n) is 5.02. The van der Waals surface area contributed by atoms with Crippen LogP contribution in [0, 0.1) is 0 Å². The van der Waals surface area contributed by atoms with Crippen molar-refractivity contribution in [1.82, 2.24) is 0 Å². The summed E-state index contributed by atoms with van der Waals surface area (Å²) in [6.45, 7) is 0. The average molecular weight is 292 g/mol. The van der Waals surface area contributed by atoms with E-state index in [1.807, 2.05) is 11.5 Å². The maximum atomic E-state index is 12.2. The lowest BCUT2D eigenvalue weighted by atomic mass is 10.0. The number of ketones is 1. The van der Waals surface area contributed by atoms with Gasteiger partial charge in [0.2, 0.25) is 0 Å². The minimum atomic E-state index is -0.136. The summed E-state index contributed by atoms with van der Waals surface area (Å²) < 4.78 is 0.788. The fourth-order valence-electron chi connectivity index (χ4n) is 1.55. The van der Waals surface area contributed by atoms with Gasteiger partial charge < -0.3 is 0 Å². The average Bonchev–Trinajstić information content (AvgIpc) is 2.39. The van der Waals surface area contributed by atoms with Crippen molar-refractivity contribution in [2.24, 2.45) is 0 Å². The Bertz CT molecular complexity index is 540. The molecular weight excluding hydrogens is 282 g/mol. The fraction of sp³-hybridized carbons (Fsp3) is 0. The van der Waals surface area contributed by atoms with E-state index in [4.69, 9.17) is 5.21 Å². The molecule has 0 saturated heterocycles. The number of benzene rings is 2. The van der Waals surface area contributed by atoms with Crippen molar-refractivity contribution in [3.05, 3.63) is 64.1 Å². The van der Waals surface area contributed by atoms with Gasteiger partial charge in [-0.3, -0.25) is 15.5 Å². The van der Waals surface area contributed by atoms with Crippen LogP contribution >= 0.6 is 15.9 Å². The van der Waals surface area contributed by atoms with Gasteiger partial charge >= 0.3 is 0 Å². The Morgan fingerprint density at radius 3 is 2.47 bits per heavy atom. The molecule has 17 heavy (non-hydrogen) atoms. The Labute approximate surface area is 107 Å². The summed E-state index contributed by atoms with van der Waals surface area (Å²) in [4.78, 5) is 12.2. The zero-order valence-electron chi connectivity index (χ0n) is 8.85. The van der Waals surface area contributed by atoms with E-state index in [1.54, 1.807) is 42.5 Å². The summed E-state index contributed by atoms with van der Waals surface area (Å²) in [5, 5.41) is 8.99. The second-order valence-corrected chi connectivity index (χ2v) is 4.41. The number of anilines is 1. The summed E-state index contributed by atoms with van der Waals surface area (Å²) in [5.41, 5.74) is 3.43. The first-order valence-corrected chi connectivity index (χ1v) is 5.81. The van der Waals surface area contributed by atoms with E-state index < -0.39 is 0 Å². The van der Waals surface area contributed by atoms with Gasteiger partial charge in [-0.05, 0) is 18.2 Å². The van der Waals surface area contributed by atoms with Crippen LogP contribution in [0.5, 0.6) is 0 Å². The highest BCUT2D eigenvalue weighted by Gasteiger charge is 2.13. The first-order chi connectivity index (χ1) is 8.22. The summed E-state index contributed by atoms with van der Waals surface area (Å²) in [6, 6.07) is 14.0. The minimum Gasteiger partial charge on any atom is -0.291 e. The van der Waals surface area contributed by atoms with Gasteiger partial charge in [0.15, 0.2) is 5.78 Å². The molecular formula is C13H10BrNO2. The lowest BCUT2D eigenvalue weighted by molar-refractivity contribution is 0.103. The summed E-state index contributed by atoms with van der Waals surface area (Å²) in [5.74, 6) is -0.136. The molecule has 3 nitrogen and oxygen atoms in total. The number of hydrogen-bond donors (Lipinski definition) is 2. The van der Waals surface area contributed by atoms with Gasteiger partial charge in [-0.25, -0.2) is 0 Å². The monoisotopic (exact) mass is 291 g/mol. The highest BCUT2D eigenvalue weighted by molar-refractivity contribution is 9.10. The zero-order valence-corrected chi connectivity index (χ0v) is 10.4. The predicted molar refractivity (Wildman–Crippen MR) is 69.4 cm³/mol. The van der Waals surface area contributed by atoms with Crippen molar-refractivity contribution >= 4 is 27.4 Å². The summed E-state index contributed by atoms with van der Waals surface area (Å²) in [7, 11) is 0. The molecule has 0 amide bonds. The van der Waals surface area contributed by atoms with E-state index in [2.05, 4.69) is 15.9 Å². The maximum absolute atomic E-state index is 12.2. The number of nitrogens with one attached hydrogen (secondary N) is 1. The van der Waals surface area contributed by atoms with Crippen molar-refractivity contribution in [1.29, 1.82) is 0 Å². The van der Waals surface area contributed by atoms with E-state index in [1.165, 1.54) is 0 Å². The number of hydrogen-bond acceptors (Lipinski definition) is 3. The van der Waals surface area contributed by atoms with Crippen LogP contribution in [0.3, 0.4) is 0 Å². The Kier molecular flexibility index (Phi) is 3.56. The Balaban J connectivity index is 2.47. The molecule has 86 valence electrons. The van der Waals surface area contributed by atoms with Crippen LogP contribution in [0.15, 0.2) is 53.0 Å². The largest absolute Gasteiger partial charge is 0.291 e. The van der Waals surface area contributed by atoms with E-state index in [0.29, 0.717) is 16.8 Å². The Morgan fingerprint density at radius 2 is 1.82 bits per heavy atom. The van der Waals surface area contributed by atoms with E-state index in [0.717, 1.165) is 4.47 Å². The van der Waals surface area contributed by atoms with Gasteiger partial charge in [0, 0.05) is 15.6 Å². The minimum absolute atomic E-state index is 0.136. The molecule has 0 saturated carbocycles. The van der Waals surface area contributed by atoms with Crippen LogP contribution in [0.25, 0.3) is 0 Å². The fourth-order valence-corrected chi connectivity index (χ4v) is 1.91. The van der Waals surface area contributed by atoms with Crippen LogP contribution < -0.4 is 5.48 Å². The SMILES string of the molecule is O=C(c1ccccc1)c1cc(Br)ccc1NO. The predicted octanol–water partition coefficient (Wildman–Crippen LogP) is 3.48. The lowest BCUT2D eigenvalue weighted by Gasteiger charge is -2.07. The molecule has 0 aliphatic carbocycles. The van der Waals surface area contributed by atoms with Crippen molar-refractivity contribution in [3.63, 3.8) is 0 Å². The van der Waals surface area contributed by atoms with E-state index >= 15 is 0 Å². The first kappa shape index (κ1) is 11.8. The molecule has 2 aromatic rings. The number of carbonyl (C=O) groups is 1. The number of halogens is 1. The number of carbonyl (C=O) groups excluding carboxylic acids is 1. The van der Waals surface area contributed by atoms with Gasteiger partial charge in [0.05, 0.1) is 5.69 Å². The molecule has 0 bridgehead atoms. The third-order valence-electron chi connectivity index (χ3n) is 2.38. The third kappa shape index (κ3) is 2.54. The topological polar surface area (TPSA) is 49.3 Å². The molecule has 0 aliphatic heterocycles. The molecule has 0 fully saturated rings. The van der Waals surface area contributed by atoms with Gasteiger partial charge in [-0.1, -0.05) is 46.3 Å². The van der Waals surface area contributed by atoms with Crippen molar-refractivity contribution in [3.8, 4) is 0 Å². The van der Waals surface area contributed by atoms with Crippen molar-refractivity contribution < 1.29 is 10.0 Å². The summed E-state index contributed by atoms with van der Waals surface area (Å²) >= 11 is 3.30. The third-order valence-corrected chi connectivity index (χ3v) is 2.88. The zero-order chi connectivity index (χ0) is 12.3. The highest BCUT2D eigenvalue weighted by atomic mass is 79.9. The molecule has 0 spiro atoms. The maximum Gasteiger partial charge on any atom is 0.195 e. The molecule has 0 unspecified atom stereocenters. The highest BCUT2D eigenvalue weighted by Crippen LogP contribution is 2.23.